The first-order chi connectivity index (χ1) is 13.4. The highest BCUT2D eigenvalue weighted by atomic mass is 16.5. The minimum Gasteiger partial charge on any atom is -0.451 e. The molecule has 2 aliphatic rings. The highest BCUT2D eigenvalue weighted by Gasteiger charge is 2.37. The molecule has 9 nitrogen and oxygen atoms in total. The number of para-hydroxylation sites is 1. The molecular formula is C19H21N3O6. The molecule has 0 spiro atoms. The van der Waals surface area contributed by atoms with Gasteiger partial charge in [0.2, 0.25) is 0 Å². The van der Waals surface area contributed by atoms with Crippen molar-refractivity contribution in [2.24, 2.45) is 0 Å². The molecule has 9 heteroatoms. The number of anilines is 1. The summed E-state index contributed by atoms with van der Waals surface area (Å²) in [4.78, 5) is 61.0. The van der Waals surface area contributed by atoms with Gasteiger partial charge in [0.1, 0.15) is 6.54 Å². The second-order valence-corrected chi connectivity index (χ2v) is 6.81. The topological polar surface area (TPSA) is 122 Å². The normalized spacial score (nSPS) is 17.2. The average molecular weight is 387 g/mol. The van der Waals surface area contributed by atoms with Crippen LogP contribution in [0.4, 0.5) is 10.5 Å². The number of ketones is 1. The van der Waals surface area contributed by atoms with Crippen LogP contribution in [0.3, 0.4) is 0 Å². The highest BCUT2D eigenvalue weighted by Crippen LogP contribution is 2.28. The van der Waals surface area contributed by atoms with Crippen LogP contribution in [0.1, 0.15) is 43.0 Å². The van der Waals surface area contributed by atoms with Crippen molar-refractivity contribution in [3.8, 4) is 0 Å². The molecule has 0 unspecified atom stereocenters. The number of carbonyl (C=O) groups excluding carboxylic acids is 5. The Labute approximate surface area is 161 Å². The fourth-order valence-electron chi connectivity index (χ4n) is 3.33. The fraction of sp³-hybridized carbons (Fsp3) is 0.421. The van der Waals surface area contributed by atoms with Gasteiger partial charge in [-0.05, 0) is 31.9 Å². The van der Waals surface area contributed by atoms with Crippen molar-refractivity contribution >= 4 is 35.3 Å². The molecule has 1 aromatic carbocycles. The molecule has 1 aliphatic carbocycles. The van der Waals surface area contributed by atoms with E-state index in [-0.39, 0.29) is 11.6 Å². The van der Waals surface area contributed by atoms with Gasteiger partial charge in [-0.15, -0.1) is 0 Å². The Morgan fingerprint density at radius 3 is 2.57 bits per heavy atom. The van der Waals surface area contributed by atoms with Crippen molar-refractivity contribution in [1.29, 1.82) is 0 Å². The monoisotopic (exact) mass is 387 g/mol. The van der Waals surface area contributed by atoms with Crippen LogP contribution in [0.25, 0.3) is 0 Å². The molecule has 2 N–H and O–H groups in total. The van der Waals surface area contributed by atoms with Gasteiger partial charge in [-0.2, -0.15) is 0 Å². The Morgan fingerprint density at radius 1 is 1.18 bits per heavy atom. The van der Waals surface area contributed by atoms with Crippen LogP contribution >= 0.6 is 0 Å². The molecule has 1 fully saturated rings. The lowest BCUT2D eigenvalue weighted by Gasteiger charge is -2.18. The van der Waals surface area contributed by atoms with Crippen molar-refractivity contribution in [1.82, 2.24) is 10.6 Å². The molecule has 0 bridgehead atoms. The number of hydrogen-bond acceptors (Lipinski definition) is 6. The zero-order valence-corrected chi connectivity index (χ0v) is 15.4. The minimum atomic E-state index is -1.23. The molecule has 1 aliphatic heterocycles. The standard InChI is InChI=1S/C19H21N3O6/c1-11(17(25)21-19(27)20-12-6-2-3-7-12)28-15(23)10-22-14-9-5-4-8-13(14)16(24)18(22)26/h4-5,8-9,11-12H,2-3,6-7,10H2,1H3,(H2,20,21,25,27)/t11-/m1/s1. The second-order valence-electron chi connectivity index (χ2n) is 6.81. The van der Waals surface area contributed by atoms with Crippen LogP contribution in [0.5, 0.6) is 0 Å². The van der Waals surface area contributed by atoms with Crippen molar-refractivity contribution < 1.29 is 28.7 Å². The number of amides is 4. The molecule has 0 aromatic heterocycles. The molecule has 3 rings (SSSR count). The molecule has 0 saturated heterocycles. The van der Waals surface area contributed by atoms with E-state index in [2.05, 4.69) is 10.6 Å². The molecule has 28 heavy (non-hydrogen) atoms. The van der Waals surface area contributed by atoms with Crippen LogP contribution in [0.2, 0.25) is 0 Å². The number of nitrogens with one attached hydrogen (secondary N) is 2. The molecule has 1 heterocycles. The second kappa shape index (κ2) is 8.20. The maximum atomic E-state index is 12.1. The van der Waals surface area contributed by atoms with E-state index in [0.717, 1.165) is 30.6 Å². The number of imide groups is 1. The number of urea groups is 1. The summed E-state index contributed by atoms with van der Waals surface area (Å²) in [5.74, 6) is -3.16. The Bertz CT molecular complexity index is 831. The number of esters is 1. The maximum Gasteiger partial charge on any atom is 0.326 e. The minimum absolute atomic E-state index is 0.0458. The number of rotatable bonds is 5. The van der Waals surface area contributed by atoms with Gasteiger partial charge in [-0.25, -0.2) is 4.79 Å². The molecule has 1 atom stereocenters. The molecule has 0 radical (unpaired) electrons. The third-order valence-corrected chi connectivity index (χ3v) is 4.77. The Kier molecular flexibility index (Phi) is 5.72. The molecule has 1 aromatic rings. The van der Waals surface area contributed by atoms with E-state index < -0.39 is 42.2 Å². The first kappa shape index (κ1) is 19.5. The molecule has 148 valence electrons. The number of ether oxygens (including phenoxy) is 1. The summed E-state index contributed by atoms with van der Waals surface area (Å²) in [6, 6.07) is 5.73. The van der Waals surface area contributed by atoms with Crippen LogP contribution in [-0.4, -0.2) is 48.3 Å². The van der Waals surface area contributed by atoms with Gasteiger partial charge >= 0.3 is 12.0 Å². The third-order valence-electron chi connectivity index (χ3n) is 4.77. The van der Waals surface area contributed by atoms with E-state index in [1.54, 1.807) is 18.2 Å². The predicted octanol–water partition coefficient (Wildman–Crippen LogP) is 0.916. The summed E-state index contributed by atoms with van der Waals surface area (Å²) in [7, 11) is 0. The van der Waals surface area contributed by atoms with E-state index in [4.69, 9.17) is 4.74 Å². The molecule has 1 saturated carbocycles. The third kappa shape index (κ3) is 4.19. The lowest BCUT2D eigenvalue weighted by atomic mass is 10.1. The van der Waals surface area contributed by atoms with Crippen molar-refractivity contribution in [2.45, 2.75) is 44.8 Å². The number of hydrogen-bond donors (Lipinski definition) is 2. The summed E-state index contributed by atoms with van der Waals surface area (Å²) in [5.41, 5.74) is 0.539. The largest absolute Gasteiger partial charge is 0.451 e. The summed E-state index contributed by atoms with van der Waals surface area (Å²) >= 11 is 0. The van der Waals surface area contributed by atoms with Gasteiger partial charge in [0, 0.05) is 6.04 Å². The lowest BCUT2D eigenvalue weighted by molar-refractivity contribution is -0.153. The number of nitrogens with zero attached hydrogens (tertiary/aromatic N) is 1. The van der Waals surface area contributed by atoms with E-state index in [0.29, 0.717) is 5.69 Å². The zero-order valence-electron chi connectivity index (χ0n) is 15.4. The summed E-state index contributed by atoms with van der Waals surface area (Å²) in [5, 5.41) is 4.83. The number of benzene rings is 1. The number of fused-ring (bicyclic) bond motifs is 1. The average Bonchev–Trinajstić information content (AvgIpc) is 3.24. The Morgan fingerprint density at radius 2 is 1.86 bits per heavy atom. The van der Waals surface area contributed by atoms with Crippen LogP contribution in [0.15, 0.2) is 24.3 Å². The predicted molar refractivity (Wildman–Crippen MR) is 97.6 cm³/mol. The first-order valence-corrected chi connectivity index (χ1v) is 9.13. The van der Waals surface area contributed by atoms with Crippen molar-refractivity contribution in [3.05, 3.63) is 29.8 Å². The smallest absolute Gasteiger partial charge is 0.326 e. The van der Waals surface area contributed by atoms with Gasteiger partial charge in [0.25, 0.3) is 17.6 Å². The van der Waals surface area contributed by atoms with E-state index in [9.17, 15) is 24.0 Å². The van der Waals surface area contributed by atoms with Gasteiger partial charge in [0.15, 0.2) is 6.10 Å². The Balaban J connectivity index is 1.51. The highest BCUT2D eigenvalue weighted by molar-refractivity contribution is 6.52. The number of carbonyl (C=O) groups is 5. The van der Waals surface area contributed by atoms with E-state index in [1.165, 1.54) is 13.0 Å². The van der Waals surface area contributed by atoms with E-state index in [1.807, 2.05) is 0 Å². The maximum absolute atomic E-state index is 12.1. The molecule has 4 amide bonds. The van der Waals surface area contributed by atoms with Gasteiger partial charge < -0.3 is 10.1 Å². The quantitative estimate of drug-likeness (QED) is 0.572. The fourth-order valence-corrected chi connectivity index (χ4v) is 3.33. The van der Waals surface area contributed by atoms with Crippen LogP contribution < -0.4 is 15.5 Å². The van der Waals surface area contributed by atoms with Crippen molar-refractivity contribution in [3.63, 3.8) is 0 Å². The zero-order chi connectivity index (χ0) is 20.3. The summed E-state index contributed by atoms with van der Waals surface area (Å²) in [6.45, 7) is 0.814. The first-order valence-electron chi connectivity index (χ1n) is 9.13. The summed E-state index contributed by atoms with van der Waals surface area (Å²) < 4.78 is 5.01. The van der Waals surface area contributed by atoms with Gasteiger partial charge in [-0.3, -0.25) is 29.4 Å². The van der Waals surface area contributed by atoms with Gasteiger partial charge in [0.05, 0.1) is 11.3 Å². The molecular weight excluding hydrogens is 366 g/mol. The number of Topliss-reactive ketones (excluding diaryl/α,β-unsaturated/α-hetero) is 1. The lowest BCUT2D eigenvalue weighted by Crippen LogP contribution is -2.47. The van der Waals surface area contributed by atoms with E-state index >= 15 is 0 Å². The van der Waals surface area contributed by atoms with Crippen LogP contribution in [-0.2, 0) is 19.1 Å². The SMILES string of the molecule is C[C@@H](OC(=O)CN1C(=O)C(=O)c2ccccc21)C(=O)NC(=O)NC1CCCC1. The van der Waals surface area contributed by atoms with Crippen LogP contribution in [0, 0.1) is 0 Å². The summed E-state index contributed by atoms with van der Waals surface area (Å²) in [6.07, 6.45) is 2.58. The van der Waals surface area contributed by atoms with Gasteiger partial charge in [-0.1, -0.05) is 25.0 Å². The Hall–Kier alpha value is -3.23. The van der Waals surface area contributed by atoms with Crippen molar-refractivity contribution in [2.75, 3.05) is 11.4 Å².